The molecule has 1 N–H and O–H groups in total. The van der Waals surface area contributed by atoms with Gasteiger partial charge in [0, 0.05) is 11.6 Å². The number of aromatic nitrogens is 3. The molecule has 0 radical (unpaired) electrons. The number of rotatable bonds is 4. The van der Waals surface area contributed by atoms with Gasteiger partial charge in [0.1, 0.15) is 0 Å². The van der Waals surface area contributed by atoms with Crippen LogP contribution in [-0.4, -0.2) is 35.8 Å². The molecule has 0 saturated carbocycles. The molecule has 4 rings (SSSR count). The highest BCUT2D eigenvalue weighted by molar-refractivity contribution is 7.71. The molecule has 7 nitrogen and oxygen atoms in total. The highest BCUT2D eigenvalue weighted by Gasteiger charge is 2.18. The molecule has 0 atom stereocenters. The largest absolute Gasteiger partial charge is 0.493 e. The van der Waals surface area contributed by atoms with Gasteiger partial charge < -0.3 is 18.9 Å². The fraction of sp³-hybridized carbons (Fsp3) is 0.176. The van der Waals surface area contributed by atoms with E-state index in [4.69, 9.17) is 31.2 Å². The van der Waals surface area contributed by atoms with Crippen LogP contribution in [0.3, 0.4) is 0 Å². The van der Waals surface area contributed by atoms with Crippen LogP contribution in [0.4, 0.5) is 0 Å². The number of aromatic amines is 1. The van der Waals surface area contributed by atoms with Crippen molar-refractivity contribution in [3.05, 3.63) is 41.2 Å². The Balaban J connectivity index is 1.84. The van der Waals surface area contributed by atoms with Gasteiger partial charge in [-0.1, -0.05) is 0 Å². The van der Waals surface area contributed by atoms with Crippen molar-refractivity contribution >= 4 is 12.2 Å². The minimum atomic E-state index is 0.220. The van der Waals surface area contributed by atoms with Gasteiger partial charge in [0.05, 0.1) is 19.9 Å². The molecule has 8 heteroatoms. The van der Waals surface area contributed by atoms with Crippen LogP contribution in [0.5, 0.6) is 23.0 Å². The third-order valence-electron chi connectivity index (χ3n) is 3.93. The molecule has 0 amide bonds. The summed E-state index contributed by atoms with van der Waals surface area (Å²) in [6, 6.07) is 11.2. The van der Waals surface area contributed by atoms with Crippen molar-refractivity contribution < 1.29 is 18.9 Å². The number of fused-ring (bicyclic) bond motifs is 1. The van der Waals surface area contributed by atoms with Gasteiger partial charge in [-0.2, -0.15) is 5.10 Å². The molecule has 0 unspecified atom stereocenters. The Kier molecular flexibility index (Phi) is 3.81. The fourth-order valence-corrected chi connectivity index (χ4v) is 2.97. The smallest absolute Gasteiger partial charge is 0.231 e. The summed E-state index contributed by atoms with van der Waals surface area (Å²) in [6.45, 7) is 0.220. The molecule has 1 aliphatic rings. The van der Waals surface area contributed by atoms with Crippen LogP contribution in [0.2, 0.25) is 0 Å². The number of H-pyrrole nitrogens is 1. The van der Waals surface area contributed by atoms with Gasteiger partial charge in [-0.25, -0.2) is 0 Å². The van der Waals surface area contributed by atoms with Crippen LogP contribution in [0, 0.1) is 4.77 Å². The lowest BCUT2D eigenvalue weighted by molar-refractivity contribution is 0.174. The molecule has 2 aromatic carbocycles. The third-order valence-corrected chi connectivity index (χ3v) is 4.20. The molecule has 0 spiro atoms. The van der Waals surface area contributed by atoms with E-state index in [9.17, 15) is 0 Å². The summed E-state index contributed by atoms with van der Waals surface area (Å²) < 4.78 is 23.8. The molecule has 0 bridgehead atoms. The summed E-state index contributed by atoms with van der Waals surface area (Å²) in [5.74, 6) is 3.32. The molecule has 0 saturated heterocycles. The summed E-state index contributed by atoms with van der Waals surface area (Å²) in [7, 11) is 3.19. The zero-order valence-electron chi connectivity index (χ0n) is 13.6. The predicted octanol–water partition coefficient (Wildman–Crippen LogP) is 3.34. The van der Waals surface area contributed by atoms with Crippen LogP contribution in [0.25, 0.3) is 17.1 Å². The van der Waals surface area contributed by atoms with Crippen LogP contribution >= 0.6 is 12.2 Å². The second-order valence-corrected chi connectivity index (χ2v) is 5.68. The summed E-state index contributed by atoms with van der Waals surface area (Å²) in [6.07, 6.45) is 0. The normalized spacial score (nSPS) is 12.2. The van der Waals surface area contributed by atoms with Crippen LogP contribution < -0.4 is 18.9 Å². The van der Waals surface area contributed by atoms with Gasteiger partial charge in [0.25, 0.3) is 0 Å². The van der Waals surface area contributed by atoms with Gasteiger partial charge in [-0.05, 0) is 42.5 Å². The number of hydrogen-bond donors (Lipinski definition) is 1. The topological polar surface area (TPSA) is 70.5 Å². The highest BCUT2D eigenvalue weighted by Crippen LogP contribution is 2.36. The number of hydrogen-bond acceptors (Lipinski definition) is 6. The summed E-state index contributed by atoms with van der Waals surface area (Å²) in [5, 5.41) is 7.20. The van der Waals surface area contributed by atoms with Crippen molar-refractivity contribution in [1.29, 1.82) is 0 Å². The molecular weight excluding hydrogens is 342 g/mol. The van der Waals surface area contributed by atoms with Gasteiger partial charge in [-0.15, -0.1) is 0 Å². The molecule has 1 aliphatic heterocycles. The van der Waals surface area contributed by atoms with E-state index in [-0.39, 0.29) is 6.79 Å². The Morgan fingerprint density at radius 3 is 2.64 bits per heavy atom. The minimum absolute atomic E-state index is 0.220. The standard InChI is InChI=1S/C17H15N3O4S/c1-21-12-5-3-10(7-14(12)22-2)16-18-19-17(25)20(16)11-4-6-13-15(8-11)24-9-23-13/h3-8H,9H2,1-2H3,(H,19,25). The molecular formula is C17H15N3O4S. The number of nitrogens with zero attached hydrogens (tertiary/aromatic N) is 2. The Morgan fingerprint density at radius 1 is 1.04 bits per heavy atom. The monoisotopic (exact) mass is 357 g/mol. The van der Waals surface area contributed by atoms with E-state index in [2.05, 4.69) is 10.2 Å². The first-order valence-electron chi connectivity index (χ1n) is 7.51. The van der Waals surface area contributed by atoms with Gasteiger partial charge in [0.15, 0.2) is 33.6 Å². The SMILES string of the molecule is COc1ccc(-c2n[nH]c(=S)n2-c2ccc3c(c2)OCO3)cc1OC. The number of nitrogens with one attached hydrogen (secondary N) is 1. The fourth-order valence-electron chi connectivity index (χ4n) is 2.73. The second-order valence-electron chi connectivity index (χ2n) is 5.30. The average molecular weight is 357 g/mol. The molecule has 0 fully saturated rings. The maximum Gasteiger partial charge on any atom is 0.231 e. The van der Waals surface area contributed by atoms with Crippen molar-refractivity contribution in [2.24, 2.45) is 0 Å². The Labute approximate surface area is 148 Å². The van der Waals surface area contributed by atoms with E-state index in [1.54, 1.807) is 14.2 Å². The first-order chi connectivity index (χ1) is 12.2. The molecule has 0 aliphatic carbocycles. The van der Waals surface area contributed by atoms with Crippen molar-refractivity contribution in [3.8, 4) is 40.1 Å². The predicted molar refractivity (Wildman–Crippen MR) is 93.4 cm³/mol. The first-order valence-corrected chi connectivity index (χ1v) is 7.92. The molecule has 1 aromatic heterocycles. The minimum Gasteiger partial charge on any atom is -0.493 e. The van der Waals surface area contributed by atoms with Gasteiger partial charge in [-0.3, -0.25) is 9.67 Å². The van der Waals surface area contributed by atoms with E-state index in [1.807, 2.05) is 41.0 Å². The van der Waals surface area contributed by atoms with E-state index in [0.717, 1.165) is 11.3 Å². The lowest BCUT2D eigenvalue weighted by Crippen LogP contribution is -1.99. The zero-order valence-corrected chi connectivity index (χ0v) is 14.4. The zero-order chi connectivity index (χ0) is 17.4. The summed E-state index contributed by atoms with van der Waals surface area (Å²) >= 11 is 5.41. The lowest BCUT2D eigenvalue weighted by atomic mass is 10.1. The summed E-state index contributed by atoms with van der Waals surface area (Å²) in [4.78, 5) is 0. The Morgan fingerprint density at radius 2 is 1.84 bits per heavy atom. The molecule has 25 heavy (non-hydrogen) atoms. The van der Waals surface area contributed by atoms with E-state index < -0.39 is 0 Å². The maximum atomic E-state index is 5.45. The second kappa shape index (κ2) is 6.14. The molecule has 3 aromatic rings. The molecule has 128 valence electrons. The van der Waals surface area contributed by atoms with Crippen molar-refractivity contribution in [1.82, 2.24) is 14.8 Å². The highest BCUT2D eigenvalue weighted by atomic mass is 32.1. The van der Waals surface area contributed by atoms with Crippen LogP contribution in [0.1, 0.15) is 0 Å². The van der Waals surface area contributed by atoms with Crippen LogP contribution in [0.15, 0.2) is 36.4 Å². The van der Waals surface area contributed by atoms with E-state index in [0.29, 0.717) is 33.6 Å². The number of methoxy groups -OCH3 is 2. The van der Waals surface area contributed by atoms with Crippen molar-refractivity contribution in [2.75, 3.05) is 21.0 Å². The number of ether oxygens (including phenoxy) is 4. The maximum absolute atomic E-state index is 5.45. The average Bonchev–Trinajstić information content (AvgIpc) is 3.26. The third kappa shape index (κ3) is 2.60. The van der Waals surface area contributed by atoms with Gasteiger partial charge in [0.2, 0.25) is 6.79 Å². The lowest BCUT2D eigenvalue weighted by Gasteiger charge is -2.11. The summed E-state index contributed by atoms with van der Waals surface area (Å²) in [5.41, 5.74) is 1.66. The van der Waals surface area contributed by atoms with Crippen molar-refractivity contribution in [3.63, 3.8) is 0 Å². The Bertz CT molecular complexity index is 996. The number of benzene rings is 2. The molecule has 2 heterocycles. The quantitative estimate of drug-likeness (QED) is 0.722. The van der Waals surface area contributed by atoms with E-state index >= 15 is 0 Å². The Hall–Kier alpha value is -3.00. The van der Waals surface area contributed by atoms with Crippen LogP contribution in [-0.2, 0) is 0 Å². The van der Waals surface area contributed by atoms with Crippen molar-refractivity contribution in [2.45, 2.75) is 0 Å². The van der Waals surface area contributed by atoms with E-state index in [1.165, 1.54) is 0 Å². The van der Waals surface area contributed by atoms with Gasteiger partial charge >= 0.3 is 0 Å². The first kappa shape index (κ1) is 15.5.